The molecule has 0 radical (unpaired) electrons. The summed E-state index contributed by atoms with van der Waals surface area (Å²) in [6.07, 6.45) is 3.20. The van der Waals surface area contributed by atoms with E-state index >= 15 is 0 Å². The van der Waals surface area contributed by atoms with E-state index < -0.39 is 11.6 Å². The first-order valence-corrected chi connectivity index (χ1v) is 4.93. The molecule has 0 aliphatic heterocycles. The molecule has 0 amide bonds. The summed E-state index contributed by atoms with van der Waals surface area (Å²) in [7, 11) is 0. The molecule has 0 bridgehead atoms. The SMILES string of the molecule is CCCCCNc1cccc(F)c1F. The largest absolute Gasteiger partial charge is 0.383 e. The van der Waals surface area contributed by atoms with Crippen LogP contribution in [-0.2, 0) is 0 Å². The summed E-state index contributed by atoms with van der Waals surface area (Å²) in [4.78, 5) is 0. The summed E-state index contributed by atoms with van der Waals surface area (Å²) in [5.74, 6) is -1.59. The molecule has 0 fully saturated rings. The van der Waals surface area contributed by atoms with Gasteiger partial charge in [-0.15, -0.1) is 0 Å². The summed E-state index contributed by atoms with van der Waals surface area (Å²) in [6.45, 7) is 2.79. The Labute approximate surface area is 83.1 Å². The third kappa shape index (κ3) is 2.98. The molecule has 0 aromatic heterocycles. The predicted molar refractivity (Wildman–Crippen MR) is 54.4 cm³/mol. The molecule has 14 heavy (non-hydrogen) atoms. The Bertz CT molecular complexity index is 287. The van der Waals surface area contributed by atoms with Crippen molar-refractivity contribution in [2.75, 3.05) is 11.9 Å². The van der Waals surface area contributed by atoms with E-state index in [-0.39, 0.29) is 5.69 Å². The van der Waals surface area contributed by atoms with Crippen LogP contribution in [0.3, 0.4) is 0 Å². The maximum Gasteiger partial charge on any atom is 0.181 e. The van der Waals surface area contributed by atoms with Crippen molar-refractivity contribution >= 4 is 5.69 Å². The zero-order valence-corrected chi connectivity index (χ0v) is 8.32. The lowest BCUT2D eigenvalue weighted by molar-refractivity contribution is 0.510. The Morgan fingerprint density at radius 3 is 2.71 bits per heavy atom. The molecule has 1 aromatic carbocycles. The summed E-state index contributed by atoms with van der Waals surface area (Å²) in [5.41, 5.74) is 0.251. The highest BCUT2D eigenvalue weighted by Gasteiger charge is 2.05. The molecule has 1 N–H and O–H groups in total. The molecule has 0 aliphatic carbocycles. The Morgan fingerprint density at radius 2 is 2.00 bits per heavy atom. The van der Waals surface area contributed by atoms with Gasteiger partial charge in [0.15, 0.2) is 11.6 Å². The summed E-state index contributed by atoms with van der Waals surface area (Å²) in [6, 6.07) is 4.16. The van der Waals surface area contributed by atoms with Gasteiger partial charge in [0.1, 0.15) is 0 Å². The number of rotatable bonds is 5. The van der Waals surface area contributed by atoms with Crippen molar-refractivity contribution in [2.45, 2.75) is 26.2 Å². The minimum absolute atomic E-state index is 0.251. The molecule has 0 atom stereocenters. The minimum atomic E-state index is -0.800. The monoisotopic (exact) mass is 199 g/mol. The molecule has 1 aromatic rings. The van der Waals surface area contributed by atoms with Gasteiger partial charge in [-0.3, -0.25) is 0 Å². The van der Waals surface area contributed by atoms with Crippen molar-refractivity contribution in [1.82, 2.24) is 0 Å². The Morgan fingerprint density at radius 1 is 1.21 bits per heavy atom. The molecule has 1 rings (SSSR count). The summed E-state index contributed by atoms with van der Waals surface area (Å²) >= 11 is 0. The van der Waals surface area contributed by atoms with Gasteiger partial charge in [0.05, 0.1) is 5.69 Å². The van der Waals surface area contributed by atoms with Crippen LogP contribution < -0.4 is 5.32 Å². The molecular weight excluding hydrogens is 184 g/mol. The number of hydrogen-bond donors (Lipinski definition) is 1. The number of benzene rings is 1. The van der Waals surface area contributed by atoms with E-state index in [0.717, 1.165) is 25.3 Å². The fourth-order valence-electron chi connectivity index (χ4n) is 1.24. The fraction of sp³-hybridized carbons (Fsp3) is 0.455. The first-order chi connectivity index (χ1) is 6.75. The third-order valence-corrected chi connectivity index (χ3v) is 2.05. The van der Waals surface area contributed by atoms with E-state index in [1.807, 2.05) is 0 Å². The lowest BCUT2D eigenvalue weighted by atomic mass is 10.2. The van der Waals surface area contributed by atoms with Gasteiger partial charge in [0.25, 0.3) is 0 Å². The number of unbranched alkanes of at least 4 members (excludes halogenated alkanes) is 2. The van der Waals surface area contributed by atoms with E-state index in [2.05, 4.69) is 12.2 Å². The highest BCUT2D eigenvalue weighted by Crippen LogP contribution is 2.16. The highest BCUT2D eigenvalue weighted by molar-refractivity contribution is 5.44. The fourth-order valence-corrected chi connectivity index (χ4v) is 1.24. The van der Waals surface area contributed by atoms with E-state index in [4.69, 9.17) is 0 Å². The van der Waals surface area contributed by atoms with Crippen LogP contribution in [0.15, 0.2) is 18.2 Å². The zero-order valence-electron chi connectivity index (χ0n) is 8.32. The normalized spacial score (nSPS) is 10.2. The van der Waals surface area contributed by atoms with Gasteiger partial charge in [-0.2, -0.15) is 0 Å². The van der Waals surface area contributed by atoms with Crippen LogP contribution in [-0.4, -0.2) is 6.54 Å². The Balaban J connectivity index is 2.46. The van der Waals surface area contributed by atoms with Crippen molar-refractivity contribution in [3.8, 4) is 0 Å². The van der Waals surface area contributed by atoms with Gasteiger partial charge in [0, 0.05) is 6.54 Å². The number of anilines is 1. The first-order valence-electron chi connectivity index (χ1n) is 4.93. The molecule has 0 aliphatic rings. The van der Waals surface area contributed by atoms with Gasteiger partial charge in [0.2, 0.25) is 0 Å². The maximum atomic E-state index is 13.1. The molecule has 78 valence electrons. The summed E-state index contributed by atoms with van der Waals surface area (Å²) < 4.78 is 25.8. The molecule has 0 unspecified atom stereocenters. The molecule has 3 heteroatoms. The van der Waals surface area contributed by atoms with Crippen molar-refractivity contribution in [3.05, 3.63) is 29.8 Å². The van der Waals surface area contributed by atoms with Crippen LogP contribution in [0.25, 0.3) is 0 Å². The molecule has 0 saturated heterocycles. The van der Waals surface area contributed by atoms with Gasteiger partial charge < -0.3 is 5.32 Å². The van der Waals surface area contributed by atoms with E-state index in [1.165, 1.54) is 6.07 Å². The van der Waals surface area contributed by atoms with Gasteiger partial charge in [-0.25, -0.2) is 8.78 Å². The standard InChI is InChI=1S/C11H15F2N/c1-2-3-4-8-14-10-7-5-6-9(12)11(10)13/h5-7,14H,2-4,8H2,1H3. The average Bonchev–Trinajstić information content (AvgIpc) is 2.19. The van der Waals surface area contributed by atoms with Crippen molar-refractivity contribution in [3.63, 3.8) is 0 Å². The quantitative estimate of drug-likeness (QED) is 0.715. The lowest BCUT2D eigenvalue weighted by Crippen LogP contribution is -2.04. The van der Waals surface area contributed by atoms with Crippen LogP contribution in [0.4, 0.5) is 14.5 Å². The Hall–Kier alpha value is -1.12. The first kappa shape index (κ1) is 11.0. The van der Waals surface area contributed by atoms with Crippen LogP contribution >= 0.6 is 0 Å². The summed E-state index contributed by atoms with van der Waals surface area (Å²) in [5, 5.41) is 2.87. The molecular formula is C11H15F2N. The molecule has 0 heterocycles. The number of hydrogen-bond acceptors (Lipinski definition) is 1. The maximum absolute atomic E-state index is 13.1. The molecule has 0 spiro atoms. The van der Waals surface area contributed by atoms with Gasteiger partial charge in [-0.05, 0) is 18.6 Å². The second-order valence-corrected chi connectivity index (χ2v) is 3.24. The van der Waals surface area contributed by atoms with E-state index in [1.54, 1.807) is 6.07 Å². The third-order valence-electron chi connectivity index (χ3n) is 2.05. The van der Waals surface area contributed by atoms with E-state index in [0.29, 0.717) is 6.54 Å². The average molecular weight is 199 g/mol. The van der Waals surface area contributed by atoms with E-state index in [9.17, 15) is 8.78 Å². The highest BCUT2D eigenvalue weighted by atomic mass is 19.2. The number of nitrogens with one attached hydrogen (secondary N) is 1. The van der Waals surface area contributed by atoms with Crippen molar-refractivity contribution in [1.29, 1.82) is 0 Å². The second kappa shape index (κ2) is 5.58. The Kier molecular flexibility index (Phi) is 4.36. The van der Waals surface area contributed by atoms with Gasteiger partial charge >= 0.3 is 0 Å². The van der Waals surface area contributed by atoms with Crippen LogP contribution in [0.2, 0.25) is 0 Å². The van der Waals surface area contributed by atoms with Crippen LogP contribution in [0, 0.1) is 11.6 Å². The lowest BCUT2D eigenvalue weighted by Gasteiger charge is -2.06. The van der Waals surface area contributed by atoms with Crippen LogP contribution in [0.5, 0.6) is 0 Å². The van der Waals surface area contributed by atoms with Gasteiger partial charge in [-0.1, -0.05) is 25.8 Å². The smallest absolute Gasteiger partial charge is 0.181 e. The number of halogens is 2. The zero-order chi connectivity index (χ0) is 10.4. The predicted octanol–water partition coefficient (Wildman–Crippen LogP) is 3.57. The van der Waals surface area contributed by atoms with Crippen LogP contribution in [0.1, 0.15) is 26.2 Å². The molecule has 0 saturated carbocycles. The molecule has 1 nitrogen and oxygen atoms in total. The topological polar surface area (TPSA) is 12.0 Å². The minimum Gasteiger partial charge on any atom is -0.383 e. The second-order valence-electron chi connectivity index (χ2n) is 3.24. The van der Waals surface area contributed by atoms with Crippen molar-refractivity contribution < 1.29 is 8.78 Å². The van der Waals surface area contributed by atoms with Crippen molar-refractivity contribution in [2.24, 2.45) is 0 Å².